The molecule has 0 bridgehead atoms. The Hall–Kier alpha value is -2.44. The molecule has 2 aliphatic rings. The van der Waals surface area contributed by atoms with E-state index >= 15 is 0 Å². The van der Waals surface area contributed by atoms with Crippen LogP contribution in [0.4, 0.5) is 0 Å². The van der Waals surface area contributed by atoms with Gasteiger partial charge in [-0.2, -0.15) is 0 Å². The van der Waals surface area contributed by atoms with E-state index < -0.39 is 0 Å². The van der Waals surface area contributed by atoms with Gasteiger partial charge in [-0.25, -0.2) is 4.98 Å². The highest BCUT2D eigenvalue weighted by atomic mass is 16.5. The molecule has 0 aliphatic carbocycles. The molecule has 2 saturated heterocycles. The van der Waals surface area contributed by atoms with Gasteiger partial charge in [-0.1, -0.05) is 30.3 Å². The molecule has 2 aromatic rings. The van der Waals surface area contributed by atoms with Gasteiger partial charge in [0.2, 0.25) is 5.88 Å². The van der Waals surface area contributed by atoms with E-state index in [1.807, 2.05) is 6.07 Å². The van der Waals surface area contributed by atoms with E-state index in [1.165, 1.54) is 5.56 Å². The number of nitrogens with zero attached hydrogens (tertiary/aromatic N) is 2. The smallest absolute Gasteiger partial charge is 0.256 e. The first kappa shape index (κ1) is 18.9. The Morgan fingerprint density at radius 3 is 2.71 bits per heavy atom. The zero-order valence-corrected chi connectivity index (χ0v) is 16.0. The Balaban J connectivity index is 1.30. The number of pyridine rings is 1. The molecule has 6 nitrogen and oxygen atoms in total. The van der Waals surface area contributed by atoms with Gasteiger partial charge in [0.25, 0.3) is 5.91 Å². The van der Waals surface area contributed by atoms with Crippen molar-refractivity contribution < 1.29 is 14.3 Å². The minimum atomic E-state index is -0.108. The van der Waals surface area contributed by atoms with Crippen LogP contribution in [-0.4, -0.2) is 54.2 Å². The summed E-state index contributed by atoms with van der Waals surface area (Å²) in [6.07, 6.45) is 4.36. The number of carbonyl (C=O) groups is 1. The average Bonchev–Trinajstić information content (AvgIpc) is 3.24. The van der Waals surface area contributed by atoms with Crippen LogP contribution in [0, 0.1) is 0 Å². The molecule has 28 heavy (non-hydrogen) atoms. The molecule has 1 aromatic carbocycles. The molecule has 6 heteroatoms. The quantitative estimate of drug-likeness (QED) is 0.833. The second-order valence-electron chi connectivity index (χ2n) is 7.47. The van der Waals surface area contributed by atoms with Crippen LogP contribution in [0.3, 0.4) is 0 Å². The van der Waals surface area contributed by atoms with Crippen molar-refractivity contribution in [2.75, 3.05) is 26.3 Å². The molecule has 2 aliphatic heterocycles. The van der Waals surface area contributed by atoms with Crippen molar-refractivity contribution in [2.45, 2.75) is 38.0 Å². The molecule has 0 radical (unpaired) electrons. The first-order valence-corrected chi connectivity index (χ1v) is 10.0. The van der Waals surface area contributed by atoms with Crippen LogP contribution in [0.25, 0.3) is 0 Å². The normalized spacial score (nSPS) is 20.8. The Morgan fingerprint density at radius 2 is 1.96 bits per heavy atom. The minimum Gasteiger partial charge on any atom is -0.471 e. The molecule has 0 spiro atoms. The minimum absolute atomic E-state index is 0.0253. The van der Waals surface area contributed by atoms with Crippen molar-refractivity contribution in [3.63, 3.8) is 0 Å². The van der Waals surface area contributed by atoms with Gasteiger partial charge >= 0.3 is 0 Å². The molecule has 1 aromatic heterocycles. The second-order valence-corrected chi connectivity index (χ2v) is 7.47. The summed E-state index contributed by atoms with van der Waals surface area (Å²) in [4.78, 5) is 19.5. The predicted molar refractivity (Wildman–Crippen MR) is 106 cm³/mol. The first-order chi connectivity index (χ1) is 13.8. The Kier molecular flexibility index (Phi) is 6.19. The molecule has 2 fully saturated rings. The van der Waals surface area contributed by atoms with E-state index in [1.54, 1.807) is 18.3 Å². The van der Waals surface area contributed by atoms with Crippen molar-refractivity contribution in [3.8, 4) is 5.88 Å². The summed E-state index contributed by atoms with van der Waals surface area (Å²) in [5.41, 5.74) is 1.83. The fourth-order valence-electron chi connectivity index (χ4n) is 3.76. The van der Waals surface area contributed by atoms with Crippen LogP contribution in [0.5, 0.6) is 5.88 Å². The molecule has 1 amide bonds. The summed E-state index contributed by atoms with van der Waals surface area (Å²) in [6, 6.07) is 14.2. The summed E-state index contributed by atoms with van der Waals surface area (Å²) in [6.45, 7) is 4.18. The molecule has 1 N–H and O–H groups in total. The third-order valence-electron chi connectivity index (χ3n) is 5.35. The zero-order valence-electron chi connectivity index (χ0n) is 16.0. The lowest BCUT2D eigenvalue weighted by Gasteiger charge is -2.32. The Labute approximate surface area is 165 Å². The monoisotopic (exact) mass is 381 g/mol. The van der Waals surface area contributed by atoms with Gasteiger partial charge in [0.15, 0.2) is 0 Å². The summed E-state index contributed by atoms with van der Waals surface area (Å²) in [5, 5.41) is 3.17. The van der Waals surface area contributed by atoms with Crippen LogP contribution in [0.1, 0.15) is 35.2 Å². The number of amides is 1. The van der Waals surface area contributed by atoms with Gasteiger partial charge in [0, 0.05) is 38.3 Å². The van der Waals surface area contributed by atoms with Crippen LogP contribution in [0.15, 0.2) is 48.7 Å². The third-order valence-corrected chi connectivity index (χ3v) is 5.35. The fourth-order valence-corrected chi connectivity index (χ4v) is 3.76. The Morgan fingerprint density at radius 1 is 1.14 bits per heavy atom. The number of nitrogens with one attached hydrogen (secondary N) is 1. The molecule has 4 rings (SSSR count). The molecular formula is C22H27N3O3. The van der Waals surface area contributed by atoms with E-state index in [0.29, 0.717) is 24.7 Å². The highest BCUT2D eigenvalue weighted by Gasteiger charge is 2.25. The number of benzene rings is 1. The molecular weight excluding hydrogens is 354 g/mol. The number of carbonyl (C=O) groups excluding carboxylic acids is 1. The molecule has 148 valence electrons. The van der Waals surface area contributed by atoms with Crippen molar-refractivity contribution in [1.29, 1.82) is 0 Å². The molecule has 3 heterocycles. The van der Waals surface area contributed by atoms with Crippen LogP contribution in [-0.2, 0) is 11.3 Å². The highest BCUT2D eigenvalue weighted by Crippen LogP contribution is 2.20. The topological polar surface area (TPSA) is 63.7 Å². The van der Waals surface area contributed by atoms with Crippen molar-refractivity contribution >= 4 is 5.91 Å². The number of likely N-dealkylation sites (tertiary alicyclic amines) is 1. The van der Waals surface area contributed by atoms with Crippen molar-refractivity contribution in [3.05, 3.63) is 59.8 Å². The first-order valence-electron chi connectivity index (χ1n) is 10.0. The summed E-state index contributed by atoms with van der Waals surface area (Å²) in [7, 11) is 0. The van der Waals surface area contributed by atoms with Crippen LogP contribution < -0.4 is 10.1 Å². The van der Waals surface area contributed by atoms with Gasteiger partial charge < -0.3 is 14.8 Å². The van der Waals surface area contributed by atoms with Crippen LogP contribution >= 0.6 is 0 Å². The van der Waals surface area contributed by atoms with E-state index in [-0.39, 0.29) is 18.1 Å². The number of hydrogen-bond acceptors (Lipinski definition) is 5. The molecule has 0 saturated carbocycles. The molecule has 0 unspecified atom stereocenters. The highest BCUT2D eigenvalue weighted by molar-refractivity contribution is 5.96. The Bertz CT molecular complexity index is 770. The number of hydrogen-bond donors (Lipinski definition) is 1. The maximum atomic E-state index is 12.8. The largest absolute Gasteiger partial charge is 0.471 e. The average molecular weight is 381 g/mol. The summed E-state index contributed by atoms with van der Waals surface area (Å²) >= 11 is 0. The lowest BCUT2D eigenvalue weighted by Crippen LogP contribution is -2.44. The lowest BCUT2D eigenvalue weighted by atomic mass is 10.0. The maximum absolute atomic E-state index is 12.8. The van der Waals surface area contributed by atoms with E-state index in [4.69, 9.17) is 9.47 Å². The lowest BCUT2D eigenvalue weighted by molar-refractivity contribution is 0.0896. The zero-order chi connectivity index (χ0) is 19.2. The van der Waals surface area contributed by atoms with Crippen LogP contribution in [0.2, 0.25) is 0 Å². The van der Waals surface area contributed by atoms with E-state index in [9.17, 15) is 4.79 Å². The van der Waals surface area contributed by atoms with Gasteiger partial charge in [0.1, 0.15) is 11.7 Å². The SMILES string of the molecule is O=C(NC1CCN(Cc2ccccc2)CC1)c1cccnc1O[C@H]1CCOC1. The number of piperidine rings is 1. The maximum Gasteiger partial charge on any atom is 0.256 e. The standard InChI is InChI=1S/C22H27N3O3/c26-21(20-7-4-11-23-22(20)28-19-10-14-27-16-19)24-18-8-12-25(13-9-18)15-17-5-2-1-3-6-17/h1-7,11,18-19H,8-10,12-16H2,(H,24,26)/t19-/m0/s1. The van der Waals surface area contributed by atoms with E-state index in [0.717, 1.165) is 38.9 Å². The van der Waals surface area contributed by atoms with Gasteiger partial charge in [0.05, 0.1) is 13.2 Å². The number of aromatic nitrogens is 1. The predicted octanol–water partition coefficient (Wildman–Crippen LogP) is 2.64. The van der Waals surface area contributed by atoms with Crippen molar-refractivity contribution in [2.24, 2.45) is 0 Å². The second kappa shape index (κ2) is 9.17. The fraction of sp³-hybridized carbons (Fsp3) is 0.455. The summed E-state index contributed by atoms with van der Waals surface area (Å²) in [5.74, 6) is 0.292. The van der Waals surface area contributed by atoms with E-state index in [2.05, 4.69) is 39.5 Å². The van der Waals surface area contributed by atoms with Crippen molar-refractivity contribution in [1.82, 2.24) is 15.2 Å². The van der Waals surface area contributed by atoms with Gasteiger partial charge in [-0.05, 0) is 30.5 Å². The molecule has 1 atom stereocenters. The third kappa shape index (κ3) is 4.88. The summed E-state index contributed by atoms with van der Waals surface area (Å²) < 4.78 is 11.2. The number of ether oxygens (including phenoxy) is 2. The van der Waals surface area contributed by atoms with Gasteiger partial charge in [-0.15, -0.1) is 0 Å². The number of rotatable bonds is 6. The van der Waals surface area contributed by atoms with Gasteiger partial charge in [-0.3, -0.25) is 9.69 Å².